The SMILES string of the molecule is O=[N+]([O-])c1ccc(Nc2ccc3c(c2)C=CC(c2ccccc2)(c2ccccc2)O3)cc1. The number of nitro groups is 1. The zero-order chi connectivity index (χ0) is 22.0. The van der Waals surface area contributed by atoms with Crippen LogP contribution in [0.4, 0.5) is 17.1 Å². The third kappa shape index (κ3) is 3.61. The number of fused-ring (bicyclic) bond motifs is 1. The Morgan fingerprint density at radius 3 is 1.94 bits per heavy atom. The highest BCUT2D eigenvalue weighted by atomic mass is 16.6. The third-order valence-corrected chi connectivity index (χ3v) is 5.55. The predicted octanol–water partition coefficient (Wildman–Crippen LogP) is 6.69. The van der Waals surface area contributed by atoms with Gasteiger partial charge in [-0.1, -0.05) is 66.7 Å². The second-order valence-electron chi connectivity index (χ2n) is 7.58. The van der Waals surface area contributed by atoms with E-state index in [-0.39, 0.29) is 5.69 Å². The summed E-state index contributed by atoms with van der Waals surface area (Å²) in [7, 11) is 0. The quantitative estimate of drug-likeness (QED) is 0.289. The number of benzene rings is 4. The average molecular weight is 420 g/mol. The van der Waals surface area contributed by atoms with Crippen molar-refractivity contribution in [3.63, 3.8) is 0 Å². The molecule has 0 spiro atoms. The summed E-state index contributed by atoms with van der Waals surface area (Å²) in [6.45, 7) is 0. The molecule has 0 atom stereocenters. The Morgan fingerprint density at radius 1 is 0.750 bits per heavy atom. The van der Waals surface area contributed by atoms with Crippen molar-refractivity contribution in [3.8, 4) is 5.75 Å². The van der Waals surface area contributed by atoms with Gasteiger partial charge in [0, 0.05) is 40.2 Å². The van der Waals surface area contributed by atoms with Gasteiger partial charge in [0.1, 0.15) is 5.75 Å². The molecule has 0 bridgehead atoms. The maximum Gasteiger partial charge on any atom is 0.269 e. The third-order valence-electron chi connectivity index (χ3n) is 5.55. The number of anilines is 2. The number of nitrogens with zero attached hydrogens (tertiary/aromatic N) is 1. The smallest absolute Gasteiger partial charge is 0.269 e. The highest BCUT2D eigenvalue weighted by Crippen LogP contribution is 2.42. The molecular weight excluding hydrogens is 400 g/mol. The monoisotopic (exact) mass is 420 g/mol. The second kappa shape index (κ2) is 8.04. The van der Waals surface area contributed by atoms with E-state index in [1.807, 2.05) is 54.6 Å². The highest BCUT2D eigenvalue weighted by molar-refractivity contribution is 5.71. The van der Waals surface area contributed by atoms with Crippen molar-refractivity contribution in [2.24, 2.45) is 0 Å². The average Bonchev–Trinajstić information content (AvgIpc) is 2.85. The minimum absolute atomic E-state index is 0.0653. The van der Waals surface area contributed by atoms with Crippen molar-refractivity contribution in [1.29, 1.82) is 0 Å². The van der Waals surface area contributed by atoms with E-state index < -0.39 is 10.5 Å². The van der Waals surface area contributed by atoms with Gasteiger partial charge in [0.05, 0.1) is 4.92 Å². The summed E-state index contributed by atoms with van der Waals surface area (Å²) < 4.78 is 6.65. The van der Waals surface area contributed by atoms with Crippen LogP contribution in [0.3, 0.4) is 0 Å². The standard InChI is InChI=1S/C27H20N2O3/c30-29(31)25-14-11-23(12-15-25)28-24-13-16-26-20(19-24)17-18-27(32-26,21-7-3-1-4-8-21)22-9-5-2-6-10-22/h1-19,28H. The Hall–Kier alpha value is -4.38. The molecule has 0 saturated heterocycles. The fourth-order valence-electron chi connectivity index (χ4n) is 3.95. The van der Waals surface area contributed by atoms with Gasteiger partial charge in [-0.2, -0.15) is 0 Å². The second-order valence-corrected chi connectivity index (χ2v) is 7.58. The molecule has 5 nitrogen and oxygen atoms in total. The number of rotatable bonds is 5. The molecule has 4 aromatic carbocycles. The molecule has 32 heavy (non-hydrogen) atoms. The van der Waals surface area contributed by atoms with Crippen LogP contribution in [0, 0.1) is 10.1 Å². The molecular formula is C27H20N2O3. The lowest BCUT2D eigenvalue weighted by atomic mass is 9.83. The number of ether oxygens (including phenoxy) is 1. The number of hydrogen-bond acceptors (Lipinski definition) is 4. The van der Waals surface area contributed by atoms with Gasteiger partial charge >= 0.3 is 0 Å². The molecule has 4 aromatic rings. The number of nitrogens with one attached hydrogen (secondary N) is 1. The molecule has 0 aliphatic carbocycles. The fourth-order valence-corrected chi connectivity index (χ4v) is 3.95. The highest BCUT2D eigenvalue weighted by Gasteiger charge is 2.36. The first-order chi connectivity index (χ1) is 15.6. The van der Waals surface area contributed by atoms with E-state index in [1.54, 1.807) is 12.1 Å². The molecule has 5 heteroatoms. The van der Waals surface area contributed by atoms with Crippen LogP contribution in [0.2, 0.25) is 0 Å². The lowest BCUT2D eigenvalue weighted by Crippen LogP contribution is -2.34. The Balaban J connectivity index is 1.47. The maximum absolute atomic E-state index is 10.9. The van der Waals surface area contributed by atoms with Gasteiger partial charge in [-0.05, 0) is 36.4 Å². The van der Waals surface area contributed by atoms with E-state index in [2.05, 4.69) is 41.7 Å². The van der Waals surface area contributed by atoms with E-state index in [0.717, 1.165) is 33.8 Å². The van der Waals surface area contributed by atoms with Crippen LogP contribution < -0.4 is 10.1 Å². The van der Waals surface area contributed by atoms with Gasteiger partial charge in [-0.25, -0.2) is 0 Å². The van der Waals surface area contributed by atoms with Gasteiger partial charge in [0.2, 0.25) is 0 Å². The van der Waals surface area contributed by atoms with E-state index in [9.17, 15) is 10.1 Å². The van der Waals surface area contributed by atoms with Gasteiger partial charge < -0.3 is 10.1 Å². The number of nitro benzene ring substituents is 1. The van der Waals surface area contributed by atoms with Crippen molar-refractivity contribution in [1.82, 2.24) is 0 Å². The van der Waals surface area contributed by atoms with Crippen LogP contribution in [0.15, 0.2) is 109 Å². The van der Waals surface area contributed by atoms with Crippen LogP contribution >= 0.6 is 0 Å². The Bertz CT molecular complexity index is 1240. The van der Waals surface area contributed by atoms with Crippen LogP contribution in [0.25, 0.3) is 6.08 Å². The molecule has 156 valence electrons. The normalized spacial score (nSPS) is 13.6. The van der Waals surface area contributed by atoms with Crippen molar-refractivity contribution >= 4 is 23.1 Å². The van der Waals surface area contributed by atoms with Crippen LogP contribution in [0.1, 0.15) is 16.7 Å². The van der Waals surface area contributed by atoms with Gasteiger partial charge in [0.25, 0.3) is 5.69 Å². The van der Waals surface area contributed by atoms with Crippen LogP contribution in [-0.2, 0) is 5.60 Å². The summed E-state index contributed by atoms with van der Waals surface area (Å²) in [5, 5.41) is 14.1. The van der Waals surface area contributed by atoms with Crippen LogP contribution in [-0.4, -0.2) is 4.92 Å². The summed E-state index contributed by atoms with van der Waals surface area (Å²) in [5.74, 6) is 0.787. The van der Waals surface area contributed by atoms with Crippen molar-refractivity contribution < 1.29 is 9.66 Å². The predicted molar refractivity (Wildman–Crippen MR) is 126 cm³/mol. The minimum atomic E-state index is -0.706. The Labute approximate surface area is 185 Å². The zero-order valence-electron chi connectivity index (χ0n) is 17.1. The summed E-state index contributed by atoms with van der Waals surface area (Å²) in [5.41, 5.74) is 4.08. The zero-order valence-corrected chi connectivity index (χ0v) is 17.1. The fraction of sp³-hybridized carbons (Fsp3) is 0.0370. The molecule has 0 amide bonds. The van der Waals surface area contributed by atoms with Gasteiger partial charge in [-0.3, -0.25) is 10.1 Å². The Morgan fingerprint density at radius 2 is 1.34 bits per heavy atom. The van der Waals surface area contributed by atoms with Crippen molar-refractivity contribution in [3.05, 3.63) is 136 Å². The molecule has 0 radical (unpaired) electrons. The van der Waals surface area contributed by atoms with Gasteiger partial charge in [-0.15, -0.1) is 0 Å². The summed E-state index contributed by atoms with van der Waals surface area (Å²) >= 11 is 0. The number of hydrogen-bond donors (Lipinski definition) is 1. The first-order valence-electron chi connectivity index (χ1n) is 10.3. The van der Waals surface area contributed by atoms with E-state index in [1.165, 1.54) is 12.1 Å². The molecule has 1 heterocycles. The lowest BCUT2D eigenvalue weighted by molar-refractivity contribution is -0.384. The molecule has 1 N–H and O–H groups in total. The van der Waals surface area contributed by atoms with Gasteiger partial charge in [0.15, 0.2) is 5.60 Å². The molecule has 1 aliphatic heterocycles. The van der Waals surface area contributed by atoms with Crippen molar-refractivity contribution in [2.45, 2.75) is 5.60 Å². The number of non-ortho nitro benzene ring substituents is 1. The first kappa shape index (κ1) is 19.6. The van der Waals surface area contributed by atoms with E-state index in [4.69, 9.17) is 4.74 Å². The lowest BCUT2D eigenvalue weighted by Gasteiger charge is -2.36. The molecule has 0 saturated carbocycles. The summed E-state index contributed by atoms with van der Waals surface area (Å²) in [6, 6.07) is 32.6. The molecule has 0 unspecified atom stereocenters. The van der Waals surface area contributed by atoms with E-state index >= 15 is 0 Å². The molecule has 0 fully saturated rings. The minimum Gasteiger partial charge on any atom is -0.473 e. The topological polar surface area (TPSA) is 64.4 Å². The van der Waals surface area contributed by atoms with Crippen LogP contribution in [0.5, 0.6) is 5.75 Å². The Kier molecular flexibility index (Phi) is 4.92. The molecule has 0 aromatic heterocycles. The van der Waals surface area contributed by atoms with E-state index in [0.29, 0.717) is 0 Å². The van der Waals surface area contributed by atoms with Crippen molar-refractivity contribution in [2.75, 3.05) is 5.32 Å². The maximum atomic E-state index is 10.9. The first-order valence-corrected chi connectivity index (χ1v) is 10.3. The largest absolute Gasteiger partial charge is 0.473 e. The summed E-state index contributed by atoms with van der Waals surface area (Å²) in [6.07, 6.45) is 4.18. The summed E-state index contributed by atoms with van der Waals surface area (Å²) in [4.78, 5) is 10.4. The molecule has 1 aliphatic rings. The molecule has 5 rings (SSSR count).